The molecule has 2 atom stereocenters. The number of hydrogen-bond acceptors (Lipinski definition) is 2. The molecule has 0 saturated carbocycles. The molecule has 0 radical (unpaired) electrons. The van der Waals surface area contributed by atoms with Crippen LogP contribution in [-0.2, 0) is 4.79 Å². The molecular weight excluding hydrogens is 152 g/mol. The molecule has 0 spiro atoms. The second-order valence-electron chi connectivity index (χ2n) is 2.80. The molecule has 3 N–H and O–H groups in total. The maximum atomic E-state index is 10.7. The summed E-state index contributed by atoms with van der Waals surface area (Å²) in [5, 5.41) is 3.05. The third kappa shape index (κ3) is 3.99. The van der Waals surface area contributed by atoms with E-state index in [1.54, 1.807) is 6.92 Å². The highest BCUT2D eigenvalue weighted by molar-refractivity contribution is 5.79. The van der Waals surface area contributed by atoms with E-state index in [0.717, 1.165) is 6.42 Å². The molecule has 0 rings (SSSR count). The second kappa shape index (κ2) is 5.62. The van der Waals surface area contributed by atoms with Crippen molar-refractivity contribution in [3.63, 3.8) is 0 Å². The second-order valence-corrected chi connectivity index (χ2v) is 2.80. The molecule has 0 aromatic heterocycles. The summed E-state index contributed by atoms with van der Waals surface area (Å²) in [6, 6.07) is -0.110. The molecule has 0 aromatic carbocycles. The van der Waals surface area contributed by atoms with Gasteiger partial charge in [0.15, 0.2) is 0 Å². The standard InChI is InChI=1S/C9H16N2O/c1-4-6-8(5-2)11-7(3)9(10)12/h1,7-8,11H,5-6H2,2-3H3,(H2,10,12). The van der Waals surface area contributed by atoms with Crippen molar-refractivity contribution >= 4 is 5.91 Å². The van der Waals surface area contributed by atoms with Crippen LogP contribution in [0.5, 0.6) is 0 Å². The highest BCUT2D eigenvalue weighted by atomic mass is 16.1. The summed E-state index contributed by atoms with van der Waals surface area (Å²) in [6.45, 7) is 3.75. The number of carbonyl (C=O) groups excluding carboxylic acids is 1. The molecule has 0 aliphatic rings. The molecule has 0 bridgehead atoms. The van der Waals surface area contributed by atoms with Crippen LogP contribution in [-0.4, -0.2) is 18.0 Å². The molecule has 0 aliphatic heterocycles. The molecule has 0 aromatic rings. The van der Waals surface area contributed by atoms with Gasteiger partial charge in [-0.3, -0.25) is 4.79 Å². The van der Waals surface area contributed by atoms with Crippen LogP contribution in [0.15, 0.2) is 0 Å². The van der Waals surface area contributed by atoms with Gasteiger partial charge in [0, 0.05) is 12.5 Å². The van der Waals surface area contributed by atoms with E-state index in [0.29, 0.717) is 6.42 Å². The Labute approximate surface area is 73.7 Å². The zero-order valence-corrected chi connectivity index (χ0v) is 7.63. The largest absolute Gasteiger partial charge is 0.368 e. The van der Waals surface area contributed by atoms with E-state index in [2.05, 4.69) is 11.2 Å². The van der Waals surface area contributed by atoms with Crippen LogP contribution in [0.4, 0.5) is 0 Å². The van der Waals surface area contributed by atoms with E-state index >= 15 is 0 Å². The van der Waals surface area contributed by atoms with Crippen molar-refractivity contribution in [1.82, 2.24) is 5.32 Å². The van der Waals surface area contributed by atoms with Gasteiger partial charge in [-0.25, -0.2) is 0 Å². The summed E-state index contributed by atoms with van der Waals surface area (Å²) in [7, 11) is 0. The van der Waals surface area contributed by atoms with Crippen LogP contribution in [0.2, 0.25) is 0 Å². The van der Waals surface area contributed by atoms with Gasteiger partial charge in [-0.2, -0.15) is 0 Å². The van der Waals surface area contributed by atoms with Crippen molar-refractivity contribution in [1.29, 1.82) is 0 Å². The number of rotatable bonds is 5. The van der Waals surface area contributed by atoms with Crippen LogP contribution < -0.4 is 11.1 Å². The smallest absolute Gasteiger partial charge is 0.234 e. The molecule has 0 saturated heterocycles. The topological polar surface area (TPSA) is 55.1 Å². The number of nitrogens with two attached hydrogens (primary N) is 1. The first-order valence-electron chi connectivity index (χ1n) is 4.10. The van der Waals surface area contributed by atoms with Gasteiger partial charge in [0.1, 0.15) is 0 Å². The maximum Gasteiger partial charge on any atom is 0.234 e. The third-order valence-corrected chi connectivity index (χ3v) is 1.77. The van der Waals surface area contributed by atoms with E-state index in [1.807, 2.05) is 6.92 Å². The van der Waals surface area contributed by atoms with Crippen LogP contribution in [0, 0.1) is 12.3 Å². The SMILES string of the molecule is C#CCC(CC)NC(C)C(N)=O. The van der Waals surface area contributed by atoms with Crippen molar-refractivity contribution in [2.75, 3.05) is 0 Å². The molecule has 3 nitrogen and oxygen atoms in total. The molecule has 3 heteroatoms. The molecule has 0 fully saturated rings. The Hall–Kier alpha value is -1.01. The van der Waals surface area contributed by atoms with Gasteiger partial charge < -0.3 is 11.1 Å². The number of amides is 1. The zero-order valence-electron chi connectivity index (χ0n) is 7.63. The minimum absolute atomic E-state index is 0.192. The van der Waals surface area contributed by atoms with E-state index in [1.165, 1.54) is 0 Å². The number of primary amides is 1. The van der Waals surface area contributed by atoms with Crippen molar-refractivity contribution in [3.8, 4) is 12.3 Å². The minimum Gasteiger partial charge on any atom is -0.368 e. The van der Waals surface area contributed by atoms with Gasteiger partial charge >= 0.3 is 0 Å². The monoisotopic (exact) mass is 168 g/mol. The van der Waals surface area contributed by atoms with Crippen LogP contribution in [0.3, 0.4) is 0 Å². The molecule has 12 heavy (non-hydrogen) atoms. The molecule has 68 valence electrons. The Morgan fingerprint density at radius 1 is 1.75 bits per heavy atom. The summed E-state index contributed by atoms with van der Waals surface area (Å²) in [6.07, 6.45) is 6.69. The number of nitrogens with one attached hydrogen (secondary N) is 1. The third-order valence-electron chi connectivity index (χ3n) is 1.77. The Balaban J connectivity index is 3.86. The summed E-state index contributed by atoms with van der Waals surface area (Å²) >= 11 is 0. The lowest BCUT2D eigenvalue weighted by molar-refractivity contribution is -0.119. The molecule has 2 unspecified atom stereocenters. The number of carbonyl (C=O) groups is 1. The Morgan fingerprint density at radius 2 is 2.33 bits per heavy atom. The van der Waals surface area contributed by atoms with Gasteiger partial charge in [0.05, 0.1) is 6.04 Å². The van der Waals surface area contributed by atoms with Gasteiger partial charge in [0.25, 0.3) is 0 Å². The zero-order chi connectivity index (χ0) is 9.56. The van der Waals surface area contributed by atoms with Crippen molar-refractivity contribution in [2.45, 2.75) is 38.8 Å². The van der Waals surface area contributed by atoms with Crippen LogP contribution in [0.25, 0.3) is 0 Å². The minimum atomic E-state index is -0.342. The highest BCUT2D eigenvalue weighted by Crippen LogP contribution is 1.97. The predicted molar refractivity (Wildman–Crippen MR) is 49.3 cm³/mol. The molecule has 0 aliphatic carbocycles. The highest BCUT2D eigenvalue weighted by Gasteiger charge is 2.12. The van der Waals surface area contributed by atoms with Crippen molar-refractivity contribution in [2.24, 2.45) is 5.73 Å². The van der Waals surface area contributed by atoms with Crippen LogP contribution >= 0.6 is 0 Å². The molecule has 0 heterocycles. The van der Waals surface area contributed by atoms with Gasteiger partial charge in [-0.05, 0) is 13.3 Å². The molecule has 1 amide bonds. The lowest BCUT2D eigenvalue weighted by Gasteiger charge is -2.17. The predicted octanol–water partition coefficient (Wildman–Crippen LogP) is 0.252. The number of hydrogen-bond donors (Lipinski definition) is 2. The van der Waals surface area contributed by atoms with Crippen molar-refractivity contribution < 1.29 is 4.79 Å². The fourth-order valence-corrected chi connectivity index (χ4v) is 0.899. The first-order valence-corrected chi connectivity index (χ1v) is 4.10. The average molecular weight is 168 g/mol. The lowest BCUT2D eigenvalue weighted by Crippen LogP contribution is -2.44. The quantitative estimate of drug-likeness (QED) is 0.578. The maximum absolute atomic E-state index is 10.7. The van der Waals surface area contributed by atoms with E-state index in [4.69, 9.17) is 12.2 Å². The average Bonchev–Trinajstić information content (AvgIpc) is 2.03. The van der Waals surface area contributed by atoms with Crippen molar-refractivity contribution in [3.05, 3.63) is 0 Å². The van der Waals surface area contributed by atoms with Gasteiger partial charge in [-0.1, -0.05) is 6.92 Å². The van der Waals surface area contributed by atoms with Gasteiger partial charge in [-0.15, -0.1) is 12.3 Å². The fraction of sp³-hybridized carbons (Fsp3) is 0.667. The Kier molecular flexibility index (Phi) is 5.14. The summed E-state index contributed by atoms with van der Waals surface area (Å²) < 4.78 is 0. The van der Waals surface area contributed by atoms with E-state index < -0.39 is 0 Å². The van der Waals surface area contributed by atoms with E-state index in [-0.39, 0.29) is 18.0 Å². The Morgan fingerprint density at radius 3 is 2.67 bits per heavy atom. The summed E-state index contributed by atoms with van der Waals surface area (Å²) in [4.78, 5) is 10.7. The summed E-state index contributed by atoms with van der Waals surface area (Å²) in [5.41, 5.74) is 5.08. The first-order chi connectivity index (χ1) is 5.61. The summed E-state index contributed by atoms with van der Waals surface area (Å²) in [5.74, 6) is 2.21. The van der Waals surface area contributed by atoms with E-state index in [9.17, 15) is 4.79 Å². The molecular formula is C9H16N2O. The normalized spacial score (nSPS) is 14.8. The fourth-order valence-electron chi connectivity index (χ4n) is 0.899. The first kappa shape index (κ1) is 11.0. The lowest BCUT2D eigenvalue weighted by atomic mass is 10.1. The van der Waals surface area contributed by atoms with Gasteiger partial charge in [0.2, 0.25) is 5.91 Å². The van der Waals surface area contributed by atoms with Crippen LogP contribution in [0.1, 0.15) is 26.7 Å². The Bertz CT molecular complexity index is 183. The number of terminal acetylenes is 1.